The maximum Gasteiger partial charge on any atom is 0.0693 e. The van der Waals surface area contributed by atoms with Gasteiger partial charge in [-0.15, -0.1) is 0 Å². The maximum atomic E-state index is 9.52. The number of aliphatic hydroxyl groups is 1. The summed E-state index contributed by atoms with van der Waals surface area (Å²) >= 11 is 0. The zero-order valence-electron chi connectivity index (χ0n) is 8.43. The Bertz CT molecular complexity index is 139. The average Bonchev–Trinajstić information content (AvgIpc) is 2.29. The Hall–Kier alpha value is -0.0800. The first-order chi connectivity index (χ1) is 5.49. The summed E-state index contributed by atoms with van der Waals surface area (Å²) in [6, 6.07) is 0.351. The quantitative estimate of drug-likeness (QED) is 0.660. The van der Waals surface area contributed by atoms with Crippen LogP contribution in [0.5, 0.6) is 0 Å². The van der Waals surface area contributed by atoms with E-state index in [1.165, 1.54) is 6.42 Å². The Labute approximate surface area is 75.4 Å². The van der Waals surface area contributed by atoms with Gasteiger partial charge in [-0.1, -0.05) is 20.8 Å². The fourth-order valence-electron chi connectivity index (χ4n) is 1.62. The number of hydrogen-bond acceptors (Lipinski definition) is 2. The molecule has 0 amide bonds. The van der Waals surface area contributed by atoms with Crippen molar-refractivity contribution >= 4 is 0 Å². The minimum absolute atomic E-state index is 0.104. The number of nitrogens with one attached hydrogen (secondary N) is 1. The van der Waals surface area contributed by atoms with Crippen molar-refractivity contribution in [1.29, 1.82) is 0 Å². The standard InChI is InChI=1S/C10H21NO/c1-10(2,3)7-11-8-5-4-6-9(8)12/h8-9,11-12H,4-7H2,1-3H3. The van der Waals surface area contributed by atoms with Gasteiger partial charge >= 0.3 is 0 Å². The van der Waals surface area contributed by atoms with Gasteiger partial charge in [-0.3, -0.25) is 0 Å². The Morgan fingerprint density at radius 1 is 1.33 bits per heavy atom. The predicted molar refractivity (Wildman–Crippen MR) is 51.1 cm³/mol. The molecular formula is C10H21NO. The molecule has 1 saturated carbocycles. The third-order valence-corrected chi connectivity index (χ3v) is 2.37. The van der Waals surface area contributed by atoms with Gasteiger partial charge in [0.2, 0.25) is 0 Å². The Kier molecular flexibility index (Phi) is 3.13. The van der Waals surface area contributed by atoms with Crippen molar-refractivity contribution in [3.8, 4) is 0 Å². The highest BCUT2D eigenvalue weighted by Crippen LogP contribution is 2.20. The van der Waals surface area contributed by atoms with E-state index in [0.717, 1.165) is 19.4 Å². The first-order valence-electron chi connectivity index (χ1n) is 4.90. The van der Waals surface area contributed by atoms with E-state index in [4.69, 9.17) is 0 Å². The summed E-state index contributed by atoms with van der Waals surface area (Å²) < 4.78 is 0. The van der Waals surface area contributed by atoms with Gasteiger partial charge in [-0.05, 0) is 24.7 Å². The monoisotopic (exact) mass is 171 g/mol. The summed E-state index contributed by atoms with van der Waals surface area (Å²) in [5.74, 6) is 0. The van der Waals surface area contributed by atoms with Gasteiger partial charge < -0.3 is 10.4 Å². The SMILES string of the molecule is CC(C)(C)CNC1CCCC1O. The lowest BCUT2D eigenvalue weighted by molar-refractivity contribution is 0.143. The molecule has 1 aliphatic carbocycles. The molecule has 0 aromatic carbocycles. The molecule has 0 aromatic heterocycles. The summed E-state index contributed by atoms with van der Waals surface area (Å²) in [4.78, 5) is 0. The molecule has 1 rings (SSSR count). The summed E-state index contributed by atoms with van der Waals surface area (Å²) in [5.41, 5.74) is 0.322. The number of rotatable bonds is 2. The summed E-state index contributed by atoms with van der Waals surface area (Å²) in [6.45, 7) is 7.62. The van der Waals surface area contributed by atoms with Crippen LogP contribution in [0.1, 0.15) is 40.0 Å². The molecule has 0 heterocycles. The largest absolute Gasteiger partial charge is 0.392 e. The maximum absolute atomic E-state index is 9.52. The summed E-state index contributed by atoms with van der Waals surface area (Å²) in [6.07, 6.45) is 3.18. The fourth-order valence-corrected chi connectivity index (χ4v) is 1.62. The molecule has 0 aromatic rings. The second-order valence-corrected chi connectivity index (χ2v) is 5.05. The lowest BCUT2D eigenvalue weighted by Gasteiger charge is -2.24. The van der Waals surface area contributed by atoms with Crippen molar-refractivity contribution in [2.24, 2.45) is 5.41 Å². The Balaban J connectivity index is 2.23. The molecular weight excluding hydrogens is 150 g/mol. The van der Waals surface area contributed by atoms with E-state index < -0.39 is 0 Å². The van der Waals surface area contributed by atoms with Crippen molar-refractivity contribution in [2.45, 2.75) is 52.2 Å². The molecule has 2 heteroatoms. The highest BCUT2D eigenvalue weighted by atomic mass is 16.3. The van der Waals surface area contributed by atoms with Gasteiger partial charge in [0.1, 0.15) is 0 Å². The van der Waals surface area contributed by atoms with E-state index in [0.29, 0.717) is 11.5 Å². The van der Waals surface area contributed by atoms with Crippen LogP contribution in [0.15, 0.2) is 0 Å². The van der Waals surface area contributed by atoms with Crippen LogP contribution in [0.25, 0.3) is 0 Å². The second-order valence-electron chi connectivity index (χ2n) is 5.05. The van der Waals surface area contributed by atoms with E-state index in [1.807, 2.05) is 0 Å². The molecule has 72 valence electrons. The molecule has 0 radical (unpaired) electrons. The zero-order chi connectivity index (χ0) is 9.19. The van der Waals surface area contributed by atoms with Crippen LogP contribution in [0.4, 0.5) is 0 Å². The lowest BCUT2D eigenvalue weighted by Crippen LogP contribution is -2.40. The number of aliphatic hydroxyl groups excluding tert-OH is 1. The fraction of sp³-hybridized carbons (Fsp3) is 1.00. The van der Waals surface area contributed by atoms with Crippen LogP contribution in [-0.4, -0.2) is 23.8 Å². The molecule has 12 heavy (non-hydrogen) atoms. The smallest absolute Gasteiger partial charge is 0.0693 e. The van der Waals surface area contributed by atoms with Crippen LogP contribution >= 0.6 is 0 Å². The van der Waals surface area contributed by atoms with Crippen LogP contribution in [0, 0.1) is 5.41 Å². The van der Waals surface area contributed by atoms with Crippen molar-refractivity contribution in [1.82, 2.24) is 5.32 Å². The molecule has 2 atom stereocenters. The zero-order valence-corrected chi connectivity index (χ0v) is 8.43. The minimum atomic E-state index is -0.104. The van der Waals surface area contributed by atoms with Crippen molar-refractivity contribution in [2.75, 3.05) is 6.54 Å². The highest BCUT2D eigenvalue weighted by Gasteiger charge is 2.25. The van der Waals surface area contributed by atoms with Crippen molar-refractivity contribution < 1.29 is 5.11 Å². The molecule has 0 spiro atoms. The van der Waals surface area contributed by atoms with Gasteiger partial charge in [-0.25, -0.2) is 0 Å². The number of hydrogen-bond donors (Lipinski definition) is 2. The topological polar surface area (TPSA) is 32.3 Å². The first-order valence-corrected chi connectivity index (χ1v) is 4.90. The normalized spacial score (nSPS) is 31.0. The first kappa shape index (κ1) is 10.0. The van der Waals surface area contributed by atoms with E-state index in [1.54, 1.807) is 0 Å². The van der Waals surface area contributed by atoms with Crippen LogP contribution in [-0.2, 0) is 0 Å². The minimum Gasteiger partial charge on any atom is -0.392 e. The van der Waals surface area contributed by atoms with E-state index in [2.05, 4.69) is 26.1 Å². The molecule has 1 fully saturated rings. The third kappa shape index (κ3) is 3.11. The van der Waals surface area contributed by atoms with Crippen molar-refractivity contribution in [3.63, 3.8) is 0 Å². The van der Waals surface area contributed by atoms with E-state index >= 15 is 0 Å². The molecule has 2 N–H and O–H groups in total. The van der Waals surface area contributed by atoms with Gasteiger partial charge in [0.25, 0.3) is 0 Å². The molecule has 0 aliphatic heterocycles. The van der Waals surface area contributed by atoms with Gasteiger partial charge in [0, 0.05) is 12.6 Å². The lowest BCUT2D eigenvalue weighted by atomic mass is 9.96. The molecule has 0 saturated heterocycles. The third-order valence-electron chi connectivity index (χ3n) is 2.37. The highest BCUT2D eigenvalue weighted by molar-refractivity contribution is 4.83. The van der Waals surface area contributed by atoms with E-state index in [-0.39, 0.29) is 6.10 Å². The van der Waals surface area contributed by atoms with Gasteiger partial charge in [0.05, 0.1) is 6.10 Å². The average molecular weight is 171 g/mol. The van der Waals surface area contributed by atoms with E-state index in [9.17, 15) is 5.11 Å². The molecule has 2 unspecified atom stereocenters. The Morgan fingerprint density at radius 3 is 2.42 bits per heavy atom. The van der Waals surface area contributed by atoms with Gasteiger partial charge in [-0.2, -0.15) is 0 Å². The predicted octanol–water partition coefficient (Wildman–Crippen LogP) is 1.54. The van der Waals surface area contributed by atoms with Crippen LogP contribution < -0.4 is 5.32 Å². The summed E-state index contributed by atoms with van der Waals surface area (Å²) in [7, 11) is 0. The van der Waals surface area contributed by atoms with Crippen LogP contribution in [0.3, 0.4) is 0 Å². The van der Waals surface area contributed by atoms with Crippen molar-refractivity contribution in [3.05, 3.63) is 0 Å². The molecule has 1 aliphatic rings. The second kappa shape index (κ2) is 3.75. The molecule has 0 bridgehead atoms. The molecule has 2 nitrogen and oxygen atoms in total. The van der Waals surface area contributed by atoms with Crippen LogP contribution in [0.2, 0.25) is 0 Å². The summed E-state index contributed by atoms with van der Waals surface area (Å²) in [5, 5.41) is 12.9. The Morgan fingerprint density at radius 2 is 2.00 bits per heavy atom. The van der Waals surface area contributed by atoms with Gasteiger partial charge in [0.15, 0.2) is 0 Å².